The average molecular weight is 351 g/mol. The first-order valence-electron chi connectivity index (χ1n) is 5.57. The highest BCUT2D eigenvalue weighted by atomic mass is 35.5. The van der Waals surface area contributed by atoms with Crippen LogP contribution in [0.1, 0.15) is 11.1 Å². The van der Waals surface area contributed by atoms with E-state index in [1.165, 1.54) is 23.5 Å². The summed E-state index contributed by atoms with van der Waals surface area (Å²) in [5.41, 5.74) is 7.82. The molecule has 20 heavy (non-hydrogen) atoms. The Balaban J connectivity index is 2.30. The van der Waals surface area contributed by atoms with Gasteiger partial charge in [-0.15, -0.1) is 0 Å². The van der Waals surface area contributed by atoms with Gasteiger partial charge < -0.3 is 5.73 Å². The fourth-order valence-electron chi connectivity index (χ4n) is 1.65. The van der Waals surface area contributed by atoms with Gasteiger partial charge in [0, 0.05) is 12.2 Å². The van der Waals surface area contributed by atoms with Gasteiger partial charge in [-0.1, -0.05) is 23.2 Å². The maximum absolute atomic E-state index is 12.3. The lowest BCUT2D eigenvalue weighted by atomic mass is 10.2. The molecule has 2 rings (SSSR count). The minimum Gasteiger partial charge on any atom is -0.399 e. The number of nitrogens with two attached hydrogens (primary N) is 1. The number of benzene rings is 1. The molecule has 8 heteroatoms. The van der Waals surface area contributed by atoms with Crippen molar-refractivity contribution >= 4 is 50.2 Å². The molecule has 0 amide bonds. The third-order valence-corrected chi connectivity index (χ3v) is 5.94. The first-order chi connectivity index (χ1) is 9.31. The summed E-state index contributed by atoms with van der Waals surface area (Å²) in [4.78, 5) is -0.150. The van der Waals surface area contributed by atoms with E-state index in [4.69, 9.17) is 28.9 Å². The van der Waals surface area contributed by atoms with Gasteiger partial charge in [0.25, 0.3) is 0 Å². The quantitative estimate of drug-likeness (QED) is 0.829. The zero-order chi connectivity index (χ0) is 14.9. The van der Waals surface area contributed by atoms with E-state index in [-0.39, 0.29) is 21.5 Å². The Bertz CT molecular complexity index is 719. The van der Waals surface area contributed by atoms with Gasteiger partial charge in [-0.25, -0.2) is 13.1 Å². The van der Waals surface area contributed by atoms with Crippen LogP contribution in [0.4, 0.5) is 5.69 Å². The number of halogens is 2. The van der Waals surface area contributed by atoms with Crippen molar-refractivity contribution in [3.63, 3.8) is 0 Å². The number of anilines is 1. The van der Waals surface area contributed by atoms with Gasteiger partial charge in [-0.3, -0.25) is 0 Å². The molecule has 0 bridgehead atoms. The predicted molar refractivity (Wildman–Crippen MR) is 84.0 cm³/mol. The smallest absolute Gasteiger partial charge is 0.243 e. The number of thiophene rings is 1. The Morgan fingerprint density at radius 1 is 1.25 bits per heavy atom. The van der Waals surface area contributed by atoms with Gasteiger partial charge in [0.15, 0.2) is 0 Å². The van der Waals surface area contributed by atoms with E-state index in [9.17, 15) is 8.42 Å². The van der Waals surface area contributed by atoms with Crippen molar-refractivity contribution in [2.24, 2.45) is 0 Å². The highest BCUT2D eigenvalue weighted by molar-refractivity contribution is 7.89. The molecule has 108 valence electrons. The first-order valence-corrected chi connectivity index (χ1v) is 8.75. The van der Waals surface area contributed by atoms with Gasteiger partial charge in [0.1, 0.15) is 4.90 Å². The summed E-state index contributed by atoms with van der Waals surface area (Å²) in [5.74, 6) is 0. The second-order valence-corrected chi connectivity index (χ2v) is 7.48. The highest BCUT2D eigenvalue weighted by Gasteiger charge is 2.22. The Hall–Kier alpha value is -0.790. The van der Waals surface area contributed by atoms with E-state index in [1.807, 2.05) is 17.7 Å². The number of rotatable bonds is 4. The Labute approximate surface area is 131 Å². The average Bonchev–Trinajstić information content (AvgIpc) is 2.70. The molecule has 0 aliphatic rings. The molecule has 3 N–H and O–H groups in total. The Kier molecular flexibility index (Phi) is 4.61. The molecule has 1 aromatic carbocycles. The number of sulfonamides is 1. The van der Waals surface area contributed by atoms with E-state index < -0.39 is 10.0 Å². The van der Waals surface area contributed by atoms with Crippen molar-refractivity contribution < 1.29 is 8.42 Å². The van der Waals surface area contributed by atoms with E-state index >= 15 is 0 Å². The maximum atomic E-state index is 12.3. The second-order valence-electron chi connectivity index (χ2n) is 4.22. The lowest BCUT2D eigenvalue weighted by Crippen LogP contribution is -2.24. The number of aryl methyl sites for hydroxylation is 1. The first kappa shape index (κ1) is 15.6. The van der Waals surface area contributed by atoms with E-state index in [0.29, 0.717) is 5.69 Å². The lowest BCUT2D eigenvalue weighted by Gasteiger charge is -2.10. The molecule has 1 heterocycles. The fraction of sp³-hybridized carbons (Fsp3) is 0.167. The molecule has 0 atom stereocenters. The van der Waals surface area contributed by atoms with Crippen LogP contribution in [0.15, 0.2) is 27.8 Å². The molecule has 0 aliphatic heterocycles. The van der Waals surface area contributed by atoms with Crippen LogP contribution < -0.4 is 10.5 Å². The molecule has 0 spiro atoms. The summed E-state index contributed by atoms with van der Waals surface area (Å²) in [5, 5.41) is 3.85. The summed E-state index contributed by atoms with van der Waals surface area (Å²) in [7, 11) is -3.80. The zero-order valence-electron chi connectivity index (χ0n) is 10.5. The van der Waals surface area contributed by atoms with Gasteiger partial charge in [-0.05, 0) is 40.9 Å². The van der Waals surface area contributed by atoms with Gasteiger partial charge >= 0.3 is 0 Å². The molecule has 0 unspecified atom stereocenters. The van der Waals surface area contributed by atoms with Crippen LogP contribution in [-0.2, 0) is 16.6 Å². The topological polar surface area (TPSA) is 72.2 Å². The van der Waals surface area contributed by atoms with Crippen molar-refractivity contribution in [2.45, 2.75) is 18.4 Å². The standard InChI is InChI=1S/C12H12Cl2N2O2S2/c1-7-5-19-6-8(7)4-16-20(17,18)12-10(13)2-9(15)3-11(12)14/h2-3,5-6,16H,4,15H2,1H3. The van der Waals surface area contributed by atoms with Crippen LogP contribution >= 0.6 is 34.5 Å². The van der Waals surface area contributed by atoms with Crippen molar-refractivity contribution in [3.05, 3.63) is 44.1 Å². The van der Waals surface area contributed by atoms with E-state index in [1.54, 1.807) is 0 Å². The van der Waals surface area contributed by atoms with Crippen molar-refractivity contribution in [3.8, 4) is 0 Å². The molecule has 1 aromatic heterocycles. The largest absolute Gasteiger partial charge is 0.399 e. The second kappa shape index (κ2) is 5.91. The van der Waals surface area contributed by atoms with Gasteiger partial charge in [0.2, 0.25) is 10.0 Å². The molecule has 2 aromatic rings. The molecule has 0 aliphatic carbocycles. The minimum absolute atomic E-state index is 0.00420. The minimum atomic E-state index is -3.80. The Morgan fingerprint density at radius 2 is 1.85 bits per heavy atom. The number of nitrogen functional groups attached to an aromatic ring is 1. The van der Waals surface area contributed by atoms with E-state index in [2.05, 4.69) is 4.72 Å². The summed E-state index contributed by atoms with van der Waals surface area (Å²) >= 11 is 13.4. The van der Waals surface area contributed by atoms with Crippen LogP contribution in [0.25, 0.3) is 0 Å². The summed E-state index contributed by atoms with van der Waals surface area (Å²) in [6.45, 7) is 2.11. The molecule has 0 saturated heterocycles. The summed E-state index contributed by atoms with van der Waals surface area (Å²) in [6.07, 6.45) is 0. The lowest BCUT2D eigenvalue weighted by molar-refractivity contribution is 0.581. The zero-order valence-corrected chi connectivity index (χ0v) is 13.6. The molecular formula is C12H12Cl2N2O2S2. The number of hydrogen-bond acceptors (Lipinski definition) is 4. The summed E-state index contributed by atoms with van der Waals surface area (Å²) < 4.78 is 27.0. The maximum Gasteiger partial charge on any atom is 0.243 e. The molecular weight excluding hydrogens is 339 g/mol. The molecule has 0 radical (unpaired) electrons. The predicted octanol–water partition coefficient (Wildman–Crippen LogP) is 3.42. The van der Waals surface area contributed by atoms with Crippen molar-refractivity contribution in [1.82, 2.24) is 4.72 Å². The van der Waals surface area contributed by atoms with Gasteiger partial charge in [0.05, 0.1) is 10.0 Å². The van der Waals surface area contributed by atoms with Crippen LogP contribution in [-0.4, -0.2) is 8.42 Å². The molecule has 0 fully saturated rings. The summed E-state index contributed by atoms with van der Waals surface area (Å²) in [6, 6.07) is 2.72. The Morgan fingerprint density at radius 3 is 2.35 bits per heavy atom. The number of hydrogen-bond donors (Lipinski definition) is 2. The highest BCUT2D eigenvalue weighted by Crippen LogP contribution is 2.31. The van der Waals surface area contributed by atoms with Crippen LogP contribution in [0, 0.1) is 6.92 Å². The molecule has 4 nitrogen and oxygen atoms in total. The number of nitrogens with one attached hydrogen (secondary N) is 1. The van der Waals surface area contributed by atoms with Crippen LogP contribution in [0.3, 0.4) is 0 Å². The normalized spacial score (nSPS) is 11.8. The van der Waals surface area contributed by atoms with E-state index in [0.717, 1.165) is 11.1 Å². The van der Waals surface area contributed by atoms with Crippen LogP contribution in [0.5, 0.6) is 0 Å². The van der Waals surface area contributed by atoms with Crippen molar-refractivity contribution in [1.29, 1.82) is 0 Å². The fourth-order valence-corrected chi connectivity index (χ4v) is 4.74. The SMILES string of the molecule is Cc1cscc1CNS(=O)(=O)c1c(Cl)cc(N)cc1Cl. The van der Waals surface area contributed by atoms with Crippen molar-refractivity contribution in [2.75, 3.05) is 5.73 Å². The molecule has 0 saturated carbocycles. The monoisotopic (exact) mass is 350 g/mol. The third-order valence-electron chi connectivity index (χ3n) is 2.70. The third kappa shape index (κ3) is 3.27. The van der Waals surface area contributed by atoms with Gasteiger partial charge in [-0.2, -0.15) is 11.3 Å². The van der Waals surface area contributed by atoms with Crippen LogP contribution in [0.2, 0.25) is 10.0 Å².